The summed E-state index contributed by atoms with van der Waals surface area (Å²) in [5.41, 5.74) is 0. The second-order valence-electron chi connectivity index (χ2n) is 6.39. The molecule has 0 amide bonds. The van der Waals surface area contributed by atoms with Crippen LogP contribution in [0.25, 0.3) is 0 Å². The molecule has 2 aliphatic carbocycles. The fraction of sp³-hybridized carbons (Fsp3) is 1.00. The minimum Gasteiger partial charge on any atom is -0.315 e. The molecule has 18 heavy (non-hydrogen) atoms. The summed E-state index contributed by atoms with van der Waals surface area (Å²) in [5, 5.41) is 3.61. The van der Waals surface area contributed by atoms with Crippen LogP contribution < -0.4 is 5.32 Å². The van der Waals surface area contributed by atoms with Crippen LogP contribution in [0.4, 0.5) is 0 Å². The predicted molar refractivity (Wildman–Crippen MR) is 78.9 cm³/mol. The molecule has 2 saturated carbocycles. The SMILES string of the molecule is CCCN(CC1CC1)C1CCCCCCC1NC. The maximum atomic E-state index is 3.61. The second kappa shape index (κ2) is 7.49. The van der Waals surface area contributed by atoms with Crippen LogP contribution in [0.2, 0.25) is 0 Å². The van der Waals surface area contributed by atoms with Crippen molar-refractivity contribution in [3.05, 3.63) is 0 Å². The highest BCUT2D eigenvalue weighted by Gasteiger charge is 2.31. The smallest absolute Gasteiger partial charge is 0.0249 e. The molecule has 2 aliphatic rings. The number of hydrogen-bond donors (Lipinski definition) is 1. The van der Waals surface area contributed by atoms with E-state index in [1.165, 1.54) is 70.9 Å². The van der Waals surface area contributed by atoms with Gasteiger partial charge in [-0.25, -0.2) is 0 Å². The minimum absolute atomic E-state index is 0.732. The van der Waals surface area contributed by atoms with Gasteiger partial charge in [-0.1, -0.05) is 32.6 Å². The third-order valence-electron chi connectivity index (χ3n) is 4.77. The monoisotopic (exact) mass is 252 g/mol. The van der Waals surface area contributed by atoms with Crippen molar-refractivity contribution in [2.75, 3.05) is 20.1 Å². The van der Waals surface area contributed by atoms with Crippen molar-refractivity contribution in [1.82, 2.24) is 10.2 Å². The molecule has 2 atom stereocenters. The van der Waals surface area contributed by atoms with Crippen molar-refractivity contribution in [2.45, 2.75) is 76.8 Å². The Morgan fingerprint density at radius 1 is 1.00 bits per heavy atom. The highest BCUT2D eigenvalue weighted by molar-refractivity contribution is 4.88. The average molecular weight is 252 g/mol. The fourth-order valence-electron chi connectivity index (χ4n) is 3.55. The van der Waals surface area contributed by atoms with E-state index in [9.17, 15) is 0 Å². The van der Waals surface area contributed by atoms with Gasteiger partial charge in [-0.3, -0.25) is 4.90 Å². The Kier molecular flexibility index (Phi) is 5.97. The van der Waals surface area contributed by atoms with E-state index in [4.69, 9.17) is 0 Å². The van der Waals surface area contributed by atoms with E-state index >= 15 is 0 Å². The molecular formula is C16H32N2. The molecule has 0 aromatic heterocycles. The Labute approximate surface area is 114 Å². The molecule has 0 saturated heterocycles. The molecule has 2 rings (SSSR count). The lowest BCUT2D eigenvalue weighted by Gasteiger charge is -2.38. The normalized spacial score (nSPS) is 30.2. The quantitative estimate of drug-likeness (QED) is 0.779. The zero-order valence-corrected chi connectivity index (χ0v) is 12.5. The fourth-order valence-corrected chi connectivity index (χ4v) is 3.55. The highest BCUT2D eigenvalue weighted by Crippen LogP contribution is 2.32. The van der Waals surface area contributed by atoms with Crippen molar-refractivity contribution in [3.8, 4) is 0 Å². The maximum absolute atomic E-state index is 3.61. The van der Waals surface area contributed by atoms with Gasteiger partial charge >= 0.3 is 0 Å². The summed E-state index contributed by atoms with van der Waals surface area (Å²) in [6.07, 6.45) is 12.8. The number of nitrogens with one attached hydrogen (secondary N) is 1. The van der Waals surface area contributed by atoms with Gasteiger partial charge in [-0.2, -0.15) is 0 Å². The first-order valence-corrected chi connectivity index (χ1v) is 8.26. The average Bonchev–Trinajstić information content (AvgIpc) is 3.13. The van der Waals surface area contributed by atoms with Crippen molar-refractivity contribution >= 4 is 0 Å². The molecule has 0 heterocycles. The third-order valence-corrected chi connectivity index (χ3v) is 4.77. The Balaban J connectivity index is 1.96. The summed E-state index contributed by atoms with van der Waals surface area (Å²) in [7, 11) is 2.17. The molecule has 1 N–H and O–H groups in total. The number of nitrogens with zero attached hydrogens (tertiary/aromatic N) is 1. The van der Waals surface area contributed by atoms with Crippen LogP contribution in [0.15, 0.2) is 0 Å². The van der Waals surface area contributed by atoms with Gasteiger partial charge in [-0.15, -0.1) is 0 Å². The van der Waals surface area contributed by atoms with Gasteiger partial charge in [0.15, 0.2) is 0 Å². The topological polar surface area (TPSA) is 15.3 Å². The Hall–Kier alpha value is -0.0800. The molecule has 2 unspecified atom stereocenters. The molecule has 2 fully saturated rings. The minimum atomic E-state index is 0.732. The van der Waals surface area contributed by atoms with Gasteiger partial charge in [0.25, 0.3) is 0 Å². The molecule has 2 heteroatoms. The van der Waals surface area contributed by atoms with E-state index in [0.717, 1.165) is 18.0 Å². The largest absolute Gasteiger partial charge is 0.315 e. The van der Waals surface area contributed by atoms with Crippen molar-refractivity contribution in [1.29, 1.82) is 0 Å². The zero-order chi connectivity index (χ0) is 12.8. The van der Waals surface area contributed by atoms with Crippen molar-refractivity contribution in [2.24, 2.45) is 5.92 Å². The summed E-state index contributed by atoms with van der Waals surface area (Å²) in [6, 6.07) is 1.53. The van der Waals surface area contributed by atoms with Crippen LogP contribution in [-0.4, -0.2) is 37.1 Å². The van der Waals surface area contributed by atoms with Crippen LogP contribution in [0.1, 0.15) is 64.7 Å². The van der Waals surface area contributed by atoms with Crippen LogP contribution in [-0.2, 0) is 0 Å². The highest BCUT2D eigenvalue weighted by atomic mass is 15.2. The van der Waals surface area contributed by atoms with Gasteiger partial charge in [0.1, 0.15) is 0 Å². The molecule has 2 nitrogen and oxygen atoms in total. The van der Waals surface area contributed by atoms with Crippen LogP contribution in [0.3, 0.4) is 0 Å². The summed E-state index contributed by atoms with van der Waals surface area (Å²) in [6.45, 7) is 5.01. The van der Waals surface area contributed by atoms with Gasteiger partial charge in [0, 0.05) is 18.6 Å². The lowest BCUT2D eigenvalue weighted by Crippen LogP contribution is -2.50. The van der Waals surface area contributed by atoms with Gasteiger partial charge in [-0.05, 0) is 51.6 Å². The first-order valence-electron chi connectivity index (χ1n) is 8.26. The molecule has 0 aromatic rings. The van der Waals surface area contributed by atoms with E-state index in [1.807, 2.05) is 0 Å². The summed E-state index contributed by atoms with van der Waals surface area (Å²) < 4.78 is 0. The number of hydrogen-bond acceptors (Lipinski definition) is 2. The summed E-state index contributed by atoms with van der Waals surface area (Å²) >= 11 is 0. The molecule has 0 aliphatic heterocycles. The van der Waals surface area contributed by atoms with Crippen LogP contribution >= 0.6 is 0 Å². The van der Waals surface area contributed by atoms with E-state index < -0.39 is 0 Å². The molecular weight excluding hydrogens is 220 g/mol. The number of likely N-dealkylation sites (N-methyl/N-ethyl adjacent to an activating group) is 1. The van der Waals surface area contributed by atoms with Crippen molar-refractivity contribution < 1.29 is 0 Å². The van der Waals surface area contributed by atoms with Gasteiger partial charge in [0.05, 0.1) is 0 Å². The predicted octanol–water partition coefficient (Wildman–Crippen LogP) is 3.42. The van der Waals surface area contributed by atoms with Gasteiger partial charge < -0.3 is 5.32 Å². The molecule has 106 valence electrons. The van der Waals surface area contributed by atoms with E-state index in [2.05, 4.69) is 24.2 Å². The molecule has 0 radical (unpaired) electrons. The lowest BCUT2D eigenvalue weighted by atomic mass is 9.91. The van der Waals surface area contributed by atoms with E-state index in [-0.39, 0.29) is 0 Å². The standard InChI is InChI=1S/C16H32N2/c1-3-12-18(13-14-10-11-14)16-9-7-5-4-6-8-15(16)17-2/h14-17H,3-13H2,1-2H3. The molecule has 0 spiro atoms. The Morgan fingerprint density at radius 2 is 1.72 bits per heavy atom. The zero-order valence-electron chi connectivity index (χ0n) is 12.5. The van der Waals surface area contributed by atoms with Gasteiger partial charge in [0.2, 0.25) is 0 Å². The van der Waals surface area contributed by atoms with Crippen LogP contribution in [0.5, 0.6) is 0 Å². The Bertz CT molecular complexity index is 225. The summed E-state index contributed by atoms with van der Waals surface area (Å²) in [5.74, 6) is 1.03. The van der Waals surface area contributed by atoms with E-state index in [1.54, 1.807) is 0 Å². The van der Waals surface area contributed by atoms with E-state index in [0.29, 0.717) is 0 Å². The first-order chi connectivity index (χ1) is 8.85. The number of rotatable bonds is 6. The third kappa shape index (κ3) is 4.24. The second-order valence-corrected chi connectivity index (χ2v) is 6.39. The van der Waals surface area contributed by atoms with Crippen molar-refractivity contribution in [3.63, 3.8) is 0 Å². The molecule has 0 bridgehead atoms. The first kappa shape index (κ1) is 14.3. The maximum Gasteiger partial charge on any atom is 0.0249 e. The lowest BCUT2D eigenvalue weighted by molar-refractivity contribution is 0.130. The van der Waals surface area contributed by atoms with Crippen LogP contribution in [0, 0.1) is 5.92 Å². The summed E-state index contributed by atoms with van der Waals surface area (Å²) in [4.78, 5) is 2.82. The Morgan fingerprint density at radius 3 is 2.33 bits per heavy atom. The molecule has 0 aromatic carbocycles.